The van der Waals surface area contributed by atoms with Crippen LogP contribution in [0.5, 0.6) is 11.5 Å². The first kappa shape index (κ1) is 18.3. The van der Waals surface area contributed by atoms with Gasteiger partial charge in [0, 0.05) is 5.41 Å². The quantitative estimate of drug-likeness (QED) is 0.586. The topological polar surface area (TPSA) is 51.2 Å². The maximum Gasteiger partial charge on any atom is 0.148 e. The van der Waals surface area contributed by atoms with Crippen LogP contribution in [0.4, 0.5) is 0 Å². The standard InChI is InChI=1S/C22H24O4/c1-4-13-24-19-9-5-17(6-10-19)21(2,3)18-7-11-20(12-8-18)25-15-22(14-23)16-26-22/h1,5-12,23H,13-16H2,2-3H3. The lowest BCUT2D eigenvalue weighted by Gasteiger charge is -2.26. The number of terminal acetylenes is 1. The smallest absolute Gasteiger partial charge is 0.148 e. The number of hydrogen-bond acceptors (Lipinski definition) is 4. The monoisotopic (exact) mass is 352 g/mol. The van der Waals surface area contributed by atoms with Crippen molar-refractivity contribution in [1.29, 1.82) is 0 Å². The molecule has 0 aromatic heterocycles. The molecule has 3 rings (SSSR count). The van der Waals surface area contributed by atoms with Crippen LogP contribution in [-0.2, 0) is 10.2 Å². The average molecular weight is 352 g/mol. The summed E-state index contributed by atoms with van der Waals surface area (Å²) in [5, 5.41) is 9.26. The largest absolute Gasteiger partial charge is 0.490 e. The van der Waals surface area contributed by atoms with E-state index >= 15 is 0 Å². The van der Waals surface area contributed by atoms with Crippen molar-refractivity contribution >= 4 is 0 Å². The Labute approximate surface area is 154 Å². The molecule has 1 heterocycles. The fourth-order valence-electron chi connectivity index (χ4n) is 2.76. The van der Waals surface area contributed by atoms with Gasteiger partial charge in [0.25, 0.3) is 0 Å². The van der Waals surface area contributed by atoms with E-state index in [0.29, 0.717) is 13.2 Å². The van der Waals surface area contributed by atoms with Gasteiger partial charge in [-0.1, -0.05) is 44.0 Å². The van der Waals surface area contributed by atoms with Gasteiger partial charge >= 0.3 is 0 Å². The summed E-state index contributed by atoms with van der Waals surface area (Å²) in [5.41, 5.74) is 1.71. The van der Waals surface area contributed by atoms with Crippen LogP contribution in [0.2, 0.25) is 0 Å². The number of ether oxygens (including phenoxy) is 3. The molecule has 136 valence electrons. The zero-order valence-corrected chi connectivity index (χ0v) is 15.2. The molecule has 4 nitrogen and oxygen atoms in total. The first-order valence-corrected chi connectivity index (χ1v) is 8.64. The van der Waals surface area contributed by atoms with Gasteiger partial charge in [-0.2, -0.15) is 0 Å². The van der Waals surface area contributed by atoms with E-state index in [-0.39, 0.29) is 18.6 Å². The highest BCUT2D eigenvalue weighted by Gasteiger charge is 2.45. The number of aliphatic hydroxyl groups is 1. The fourth-order valence-corrected chi connectivity index (χ4v) is 2.76. The molecule has 0 saturated carbocycles. The molecule has 1 unspecified atom stereocenters. The summed E-state index contributed by atoms with van der Waals surface area (Å²) in [4.78, 5) is 0. The van der Waals surface area contributed by atoms with Crippen LogP contribution in [-0.4, -0.2) is 37.1 Å². The summed E-state index contributed by atoms with van der Waals surface area (Å²) in [6, 6.07) is 16.0. The van der Waals surface area contributed by atoms with E-state index in [1.807, 2.05) is 24.3 Å². The van der Waals surface area contributed by atoms with Gasteiger partial charge in [-0.3, -0.25) is 0 Å². The molecular weight excluding hydrogens is 328 g/mol. The Bertz CT molecular complexity index is 765. The third-order valence-electron chi connectivity index (χ3n) is 4.82. The molecule has 0 radical (unpaired) electrons. The second kappa shape index (κ2) is 7.41. The second-order valence-electron chi connectivity index (χ2n) is 7.09. The fraction of sp³-hybridized carbons (Fsp3) is 0.364. The van der Waals surface area contributed by atoms with E-state index in [9.17, 15) is 5.11 Å². The van der Waals surface area contributed by atoms with Gasteiger partial charge in [0.05, 0.1) is 13.2 Å². The van der Waals surface area contributed by atoms with Crippen molar-refractivity contribution in [3.8, 4) is 23.8 Å². The predicted molar refractivity (Wildman–Crippen MR) is 101 cm³/mol. The zero-order chi connectivity index (χ0) is 18.6. The Morgan fingerprint density at radius 1 is 1.04 bits per heavy atom. The maximum atomic E-state index is 9.26. The summed E-state index contributed by atoms with van der Waals surface area (Å²) in [6.07, 6.45) is 5.22. The van der Waals surface area contributed by atoms with Crippen molar-refractivity contribution in [3.63, 3.8) is 0 Å². The Kier molecular flexibility index (Phi) is 5.22. The van der Waals surface area contributed by atoms with Gasteiger partial charge in [0.15, 0.2) is 0 Å². The molecule has 2 aromatic rings. The number of benzene rings is 2. The number of hydrogen-bond donors (Lipinski definition) is 1. The molecule has 26 heavy (non-hydrogen) atoms. The normalized spacial score (nSPS) is 18.8. The summed E-state index contributed by atoms with van der Waals surface area (Å²) < 4.78 is 16.4. The highest BCUT2D eigenvalue weighted by atomic mass is 16.6. The Hall–Kier alpha value is -2.48. The van der Waals surface area contributed by atoms with Crippen molar-refractivity contribution in [2.75, 3.05) is 26.4 Å². The van der Waals surface area contributed by atoms with Crippen LogP contribution in [0.15, 0.2) is 48.5 Å². The molecule has 0 bridgehead atoms. The highest BCUT2D eigenvalue weighted by molar-refractivity contribution is 5.41. The molecule has 2 aromatic carbocycles. The van der Waals surface area contributed by atoms with Crippen LogP contribution in [0, 0.1) is 12.3 Å². The molecule has 1 fully saturated rings. The predicted octanol–water partition coefficient (Wildman–Crippen LogP) is 3.16. The van der Waals surface area contributed by atoms with Crippen LogP contribution in [0.3, 0.4) is 0 Å². The van der Waals surface area contributed by atoms with Crippen molar-refractivity contribution in [3.05, 3.63) is 59.7 Å². The highest BCUT2D eigenvalue weighted by Crippen LogP contribution is 2.34. The minimum Gasteiger partial charge on any atom is -0.490 e. The minimum absolute atomic E-state index is 0.0147. The molecule has 1 aliphatic heterocycles. The number of aliphatic hydroxyl groups excluding tert-OH is 1. The first-order valence-electron chi connectivity index (χ1n) is 8.64. The third-order valence-corrected chi connectivity index (χ3v) is 4.82. The lowest BCUT2D eigenvalue weighted by atomic mass is 9.78. The molecular formula is C22H24O4. The summed E-state index contributed by atoms with van der Waals surface area (Å²) in [5.74, 6) is 4.00. The van der Waals surface area contributed by atoms with Gasteiger partial charge in [0.2, 0.25) is 0 Å². The van der Waals surface area contributed by atoms with Crippen molar-refractivity contribution < 1.29 is 19.3 Å². The first-order chi connectivity index (χ1) is 12.5. The molecule has 1 N–H and O–H groups in total. The minimum atomic E-state index is -0.499. The number of epoxide rings is 1. The molecule has 0 amide bonds. The Morgan fingerprint density at radius 2 is 1.54 bits per heavy atom. The van der Waals surface area contributed by atoms with Gasteiger partial charge in [0.1, 0.15) is 30.3 Å². The Balaban J connectivity index is 1.67. The van der Waals surface area contributed by atoms with E-state index in [0.717, 1.165) is 11.5 Å². The lowest BCUT2D eigenvalue weighted by molar-refractivity contribution is 0.118. The third kappa shape index (κ3) is 4.01. The molecule has 1 atom stereocenters. The maximum absolute atomic E-state index is 9.26. The van der Waals surface area contributed by atoms with Crippen LogP contribution < -0.4 is 9.47 Å². The van der Waals surface area contributed by atoms with E-state index in [1.54, 1.807) is 0 Å². The second-order valence-corrected chi connectivity index (χ2v) is 7.09. The van der Waals surface area contributed by atoms with Crippen molar-refractivity contribution in [2.45, 2.75) is 24.9 Å². The molecule has 0 spiro atoms. The van der Waals surface area contributed by atoms with E-state index < -0.39 is 5.60 Å². The van der Waals surface area contributed by atoms with E-state index in [1.165, 1.54) is 11.1 Å². The van der Waals surface area contributed by atoms with E-state index in [2.05, 4.69) is 44.0 Å². The molecule has 0 aliphatic carbocycles. The lowest BCUT2D eigenvalue weighted by Crippen LogP contribution is -2.25. The van der Waals surface area contributed by atoms with Crippen LogP contribution >= 0.6 is 0 Å². The van der Waals surface area contributed by atoms with Crippen molar-refractivity contribution in [1.82, 2.24) is 0 Å². The zero-order valence-electron chi connectivity index (χ0n) is 15.2. The van der Waals surface area contributed by atoms with Crippen molar-refractivity contribution in [2.24, 2.45) is 0 Å². The average Bonchev–Trinajstić information content (AvgIpc) is 3.46. The summed E-state index contributed by atoms with van der Waals surface area (Å²) in [7, 11) is 0. The Morgan fingerprint density at radius 3 is 1.96 bits per heavy atom. The summed E-state index contributed by atoms with van der Waals surface area (Å²) >= 11 is 0. The van der Waals surface area contributed by atoms with Gasteiger partial charge < -0.3 is 19.3 Å². The van der Waals surface area contributed by atoms with E-state index in [4.69, 9.17) is 20.6 Å². The van der Waals surface area contributed by atoms with Gasteiger partial charge in [-0.05, 0) is 35.4 Å². The summed E-state index contributed by atoms with van der Waals surface area (Å²) in [6.45, 7) is 5.53. The van der Waals surface area contributed by atoms with Gasteiger partial charge in [-0.15, -0.1) is 6.42 Å². The van der Waals surface area contributed by atoms with Gasteiger partial charge in [-0.25, -0.2) is 0 Å². The molecule has 1 aliphatic rings. The molecule has 1 saturated heterocycles. The van der Waals surface area contributed by atoms with Crippen LogP contribution in [0.1, 0.15) is 25.0 Å². The van der Waals surface area contributed by atoms with Crippen LogP contribution in [0.25, 0.3) is 0 Å². The molecule has 4 heteroatoms. The SMILES string of the molecule is C#CCOc1ccc(C(C)(C)c2ccc(OCC3(CO)CO3)cc2)cc1. The number of rotatable bonds is 8.